The van der Waals surface area contributed by atoms with Crippen LogP contribution in [0.25, 0.3) is 22.2 Å². The van der Waals surface area contributed by atoms with E-state index in [0.717, 1.165) is 50.2 Å². The van der Waals surface area contributed by atoms with Gasteiger partial charge in [-0.1, -0.05) is 25.1 Å². The zero-order valence-corrected chi connectivity index (χ0v) is 20.3. The zero-order chi connectivity index (χ0) is 25.7. The number of hydrogen-bond acceptors (Lipinski definition) is 5. The summed E-state index contributed by atoms with van der Waals surface area (Å²) in [4.78, 5) is 16.8. The Hall–Kier alpha value is -3.17. The first-order valence-electron chi connectivity index (χ1n) is 12.0. The third-order valence-corrected chi connectivity index (χ3v) is 6.13. The van der Waals surface area contributed by atoms with Gasteiger partial charge in [0.2, 0.25) is 0 Å². The molecule has 0 saturated carbocycles. The van der Waals surface area contributed by atoms with E-state index in [0.29, 0.717) is 28.5 Å². The van der Waals surface area contributed by atoms with Crippen molar-refractivity contribution in [3.8, 4) is 17.0 Å². The first-order chi connectivity index (χ1) is 17.2. The lowest BCUT2D eigenvalue weighted by Crippen LogP contribution is -2.38. The minimum absolute atomic E-state index is 0.0797. The van der Waals surface area contributed by atoms with Crippen LogP contribution < -0.4 is 9.64 Å². The highest BCUT2D eigenvalue weighted by molar-refractivity contribution is 5.97. The minimum atomic E-state index is -4.93. The van der Waals surface area contributed by atoms with E-state index in [1.54, 1.807) is 12.1 Å². The van der Waals surface area contributed by atoms with Gasteiger partial charge >= 0.3 is 12.1 Å². The van der Waals surface area contributed by atoms with E-state index in [9.17, 15) is 18.0 Å². The molecule has 1 aliphatic heterocycles. The zero-order valence-electron chi connectivity index (χ0n) is 20.3. The van der Waals surface area contributed by atoms with Gasteiger partial charge in [-0.2, -0.15) is 13.2 Å². The second-order valence-corrected chi connectivity index (χ2v) is 8.73. The van der Waals surface area contributed by atoms with Crippen molar-refractivity contribution >= 4 is 22.5 Å². The molecule has 1 aromatic heterocycles. The predicted octanol–water partition coefficient (Wildman–Crippen LogP) is 6.13. The van der Waals surface area contributed by atoms with Crippen LogP contribution in [0.2, 0.25) is 0 Å². The van der Waals surface area contributed by atoms with Crippen LogP contribution in [0.5, 0.6) is 5.75 Å². The maximum atomic E-state index is 12.7. The standard InChI is InChI=1S/C27H29F3N2O4/c1-3-21(36-25-6-4-5-15-34-25)17-35-22-13-9-19-10-14-23(31-24(19)16-22)18-7-11-20(12-8-18)32(2)26(33)27(28,29)30/h7-14,16,21,25H,3-6,15,17H2,1-2H3. The molecule has 3 aromatic rings. The van der Waals surface area contributed by atoms with Crippen molar-refractivity contribution in [1.29, 1.82) is 0 Å². The SMILES string of the molecule is CCC(COc1ccc2ccc(-c3ccc(N(C)C(=O)C(F)(F)F)cc3)nc2c1)OC1CCCCO1. The Labute approximate surface area is 208 Å². The van der Waals surface area contributed by atoms with Crippen LogP contribution in [-0.2, 0) is 14.3 Å². The number of amides is 1. The number of hydrogen-bond donors (Lipinski definition) is 0. The molecule has 1 amide bonds. The molecule has 0 N–H and O–H groups in total. The number of halogens is 3. The number of aromatic nitrogens is 1. The smallest absolute Gasteiger partial charge is 0.471 e. The largest absolute Gasteiger partial charge is 0.491 e. The number of carbonyl (C=O) groups excluding carboxylic acids is 1. The van der Waals surface area contributed by atoms with Gasteiger partial charge < -0.3 is 19.1 Å². The number of rotatable bonds is 8. The Morgan fingerprint density at radius 3 is 2.56 bits per heavy atom. The third kappa shape index (κ3) is 6.33. The first kappa shape index (κ1) is 25.9. The summed E-state index contributed by atoms with van der Waals surface area (Å²) in [6.45, 7) is 3.17. The highest BCUT2D eigenvalue weighted by Gasteiger charge is 2.41. The van der Waals surface area contributed by atoms with Crippen molar-refractivity contribution in [3.63, 3.8) is 0 Å². The summed E-state index contributed by atoms with van der Waals surface area (Å²) < 4.78 is 55.8. The quantitative estimate of drug-likeness (QED) is 0.371. The number of benzene rings is 2. The molecule has 0 spiro atoms. The lowest BCUT2D eigenvalue weighted by atomic mass is 10.1. The molecule has 4 rings (SSSR count). The summed E-state index contributed by atoms with van der Waals surface area (Å²) in [6.07, 6.45) is -1.32. The molecule has 192 valence electrons. The Morgan fingerprint density at radius 2 is 1.89 bits per heavy atom. The second-order valence-electron chi connectivity index (χ2n) is 8.73. The van der Waals surface area contributed by atoms with Gasteiger partial charge in [-0.3, -0.25) is 4.79 Å². The minimum Gasteiger partial charge on any atom is -0.491 e. The highest BCUT2D eigenvalue weighted by Crippen LogP contribution is 2.28. The van der Waals surface area contributed by atoms with Crippen LogP contribution in [0, 0.1) is 0 Å². The molecule has 1 fully saturated rings. The molecule has 2 unspecified atom stereocenters. The summed E-state index contributed by atoms with van der Waals surface area (Å²) in [5.41, 5.74) is 2.24. The fourth-order valence-electron chi connectivity index (χ4n) is 3.99. The van der Waals surface area contributed by atoms with Crippen molar-refractivity contribution in [3.05, 3.63) is 54.6 Å². The van der Waals surface area contributed by atoms with E-state index < -0.39 is 12.1 Å². The van der Waals surface area contributed by atoms with Gasteiger partial charge in [0.1, 0.15) is 12.4 Å². The van der Waals surface area contributed by atoms with Crippen LogP contribution in [0.1, 0.15) is 32.6 Å². The summed E-state index contributed by atoms with van der Waals surface area (Å²) >= 11 is 0. The molecule has 2 atom stereocenters. The fraction of sp³-hybridized carbons (Fsp3) is 0.407. The van der Waals surface area contributed by atoms with Gasteiger partial charge in [0.15, 0.2) is 6.29 Å². The van der Waals surface area contributed by atoms with Crippen molar-refractivity contribution in [2.45, 2.75) is 51.2 Å². The van der Waals surface area contributed by atoms with E-state index in [1.807, 2.05) is 37.3 Å². The van der Waals surface area contributed by atoms with Gasteiger partial charge in [-0.25, -0.2) is 4.98 Å². The summed E-state index contributed by atoms with van der Waals surface area (Å²) in [7, 11) is 1.09. The number of alkyl halides is 3. The molecule has 0 radical (unpaired) electrons. The topological polar surface area (TPSA) is 60.9 Å². The van der Waals surface area contributed by atoms with Gasteiger partial charge in [0.05, 0.1) is 17.3 Å². The molecular formula is C27H29F3N2O4. The molecular weight excluding hydrogens is 473 g/mol. The molecule has 0 aliphatic carbocycles. The van der Waals surface area contributed by atoms with Crippen LogP contribution in [0.4, 0.5) is 18.9 Å². The maximum absolute atomic E-state index is 12.7. The van der Waals surface area contributed by atoms with Gasteiger partial charge in [-0.15, -0.1) is 0 Å². The molecule has 1 saturated heterocycles. The molecule has 9 heteroatoms. The lowest BCUT2D eigenvalue weighted by molar-refractivity contribution is -0.193. The molecule has 36 heavy (non-hydrogen) atoms. The summed E-state index contributed by atoms with van der Waals surface area (Å²) in [6, 6.07) is 15.6. The van der Waals surface area contributed by atoms with E-state index in [1.165, 1.54) is 12.1 Å². The monoisotopic (exact) mass is 502 g/mol. The average molecular weight is 503 g/mol. The van der Waals surface area contributed by atoms with Crippen LogP contribution in [0.3, 0.4) is 0 Å². The number of nitrogens with zero attached hydrogens (tertiary/aromatic N) is 2. The van der Waals surface area contributed by atoms with Crippen LogP contribution in [-0.4, -0.2) is 49.7 Å². The highest BCUT2D eigenvalue weighted by atomic mass is 19.4. The first-order valence-corrected chi connectivity index (χ1v) is 12.0. The summed E-state index contributed by atoms with van der Waals surface area (Å²) in [5, 5.41) is 0.928. The Kier molecular flexibility index (Phi) is 8.11. The number of anilines is 1. The van der Waals surface area contributed by atoms with E-state index >= 15 is 0 Å². The van der Waals surface area contributed by atoms with E-state index in [2.05, 4.69) is 0 Å². The predicted molar refractivity (Wildman–Crippen MR) is 131 cm³/mol. The normalized spacial score (nSPS) is 17.1. The van der Waals surface area contributed by atoms with Crippen molar-refractivity contribution in [2.75, 3.05) is 25.2 Å². The van der Waals surface area contributed by atoms with Gasteiger partial charge in [0, 0.05) is 36.4 Å². The molecule has 1 aliphatic rings. The second kappa shape index (κ2) is 11.3. The van der Waals surface area contributed by atoms with Crippen LogP contribution in [0.15, 0.2) is 54.6 Å². The lowest BCUT2D eigenvalue weighted by Gasteiger charge is -2.27. The molecule has 6 nitrogen and oxygen atoms in total. The van der Waals surface area contributed by atoms with E-state index in [-0.39, 0.29) is 18.1 Å². The van der Waals surface area contributed by atoms with Crippen molar-refractivity contribution in [2.24, 2.45) is 0 Å². The Bertz CT molecular complexity index is 1180. The number of ether oxygens (including phenoxy) is 3. The van der Waals surface area contributed by atoms with E-state index in [4.69, 9.17) is 19.2 Å². The number of fused-ring (bicyclic) bond motifs is 1. The van der Waals surface area contributed by atoms with Gasteiger partial charge in [-0.05, 0) is 56.0 Å². The van der Waals surface area contributed by atoms with Crippen molar-refractivity contribution in [1.82, 2.24) is 4.98 Å². The number of pyridine rings is 1. The summed E-state index contributed by atoms with van der Waals surface area (Å²) in [5.74, 6) is -1.25. The maximum Gasteiger partial charge on any atom is 0.471 e. The number of carbonyl (C=O) groups is 1. The third-order valence-electron chi connectivity index (χ3n) is 6.13. The van der Waals surface area contributed by atoms with Gasteiger partial charge in [0.25, 0.3) is 0 Å². The average Bonchev–Trinajstić information content (AvgIpc) is 2.89. The Balaban J connectivity index is 1.45. The van der Waals surface area contributed by atoms with Crippen molar-refractivity contribution < 1.29 is 32.2 Å². The molecule has 2 aromatic carbocycles. The Morgan fingerprint density at radius 1 is 1.14 bits per heavy atom. The fourth-order valence-corrected chi connectivity index (χ4v) is 3.99. The molecule has 2 heterocycles. The molecule has 0 bridgehead atoms. The van der Waals surface area contributed by atoms with Crippen LogP contribution >= 0.6 is 0 Å².